The van der Waals surface area contributed by atoms with Gasteiger partial charge < -0.3 is 14.6 Å². The predicted octanol–water partition coefficient (Wildman–Crippen LogP) is 4.35. The second-order valence-corrected chi connectivity index (χ2v) is 10.2. The van der Waals surface area contributed by atoms with Crippen LogP contribution in [0.25, 0.3) is 11.5 Å². The van der Waals surface area contributed by atoms with Crippen molar-refractivity contribution >= 4 is 34.9 Å². The summed E-state index contributed by atoms with van der Waals surface area (Å²) in [6, 6.07) is 11.9. The molecular formula is C23H28N4O3S2. The van der Waals surface area contributed by atoms with Crippen molar-refractivity contribution in [1.29, 1.82) is 0 Å². The van der Waals surface area contributed by atoms with E-state index in [9.17, 15) is 9.59 Å². The molecule has 9 heteroatoms. The van der Waals surface area contributed by atoms with E-state index in [1.165, 1.54) is 22.2 Å². The fourth-order valence-corrected chi connectivity index (χ4v) is 4.23. The number of nitrogens with zero attached hydrogens (tertiary/aromatic N) is 3. The smallest absolute Gasteiger partial charge is 0.277 e. The van der Waals surface area contributed by atoms with Crippen molar-refractivity contribution in [3.05, 3.63) is 52.2 Å². The zero-order valence-electron chi connectivity index (χ0n) is 18.8. The summed E-state index contributed by atoms with van der Waals surface area (Å²) in [5.74, 6) is 0.201. The fourth-order valence-electron chi connectivity index (χ4n) is 2.92. The van der Waals surface area contributed by atoms with E-state index in [-0.39, 0.29) is 29.5 Å². The van der Waals surface area contributed by atoms with Crippen molar-refractivity contribution in [3.63, 3.8) is 0 Å². The topological polar surface area (TPSA) is 88.3 Å². The molecule has 2 aromatic heterocycles. The number of hydrogen-bond acceptors (Lipinski definition) is 7. The fraction of sp³-hybridized carbons (Fsp3) is 0.391. The molecule has 0 spiro atoms. The number of likely N-dealkylation sites (N-methyl/N-ethyl adjacent to an activating group) is 1. The van der Waals surface area contributed by atoms with Gasteiger partial charge in [0, 0.05) is 17.0 Å². The summed E-state index contributed by atoms with van der Waals surface area (Å²) in [5, 5.41) is 13.3. The Labute approximate surface area is 196 Å². The van der Waals surface area contributed by atoms with E-state index in [0.29, 0.717) is 24.2 Å². The van der Waals surface area contributed by atoms with Crippen LogP contribution in [-0.2, 0) is 21.5 Å². The van der Waals surface area contributed by atoms with Crippen molar-refractivity contribution in [1.82, 2.24) is 20.4 Å². The Kier molecular flexibility index (Phi) is 8.09. The van der Waals surface area contributed by atoms with Crippen LogP contribution >= 0.6 is 23.1 Å². The number of rotatable bonds is 9. The van der Waals surface area contributed by atoms with Gasteiger partial charge in [-0.2, -0.15) is 0 Å². The highest BCUT2D eigenvalue weighted by Crippen LogP contribution is 2.27. The van der Waals surface area contributed by atoms with Crippen LogP contribution in [0.3, 0.4) is 0 Å². The van der Waals surface area contributed by atoms with Gasteiger partial charge in [0.15, 0.2) is 0 Å². The molecule has 32 heavy (non-hydrogen) atoms. The molecule has 0 bridgehead atoms. The third kappa shape index (κ3) is 6.67. The minimum Gasteiger partial charge on any atom is -0.411 e. The van der Waals surface area contributed by atoms with E-state index in [1.807, 2.05) is 36.6 Å². The van der Waals surface area contributed by atoms with Crippen molar-refractivity contribution < 1.29 is 14.0 Å². The third-order valence-corrected chi connectivity index (χ3v) is 6.51. The third-order valence-electron chi connectivity index (χ3n) is 4.83. The largest absolute Gasteiger partial charge is 0.411 e. The Bertz CT molecular complexity index is 1020. The zero-order valence-corrected chi connectivity index (χ0v) is 20.4. The van der Waals surface area contributed by atoms with Gasteiger partial charge in [-0.1, -0.05) is 50.7 Å². The molecule has 2 heterocycles. The number of nitrogens with one attached hydrogen (secondary N) is 1. The molecule has 0 aliphatic heterocycles. The second-order valence-electron chi connectivity index (χ2n) is 8.25. The molecule has 0 saturated heterocycles. The van der Waals surface area contributed by atoms with Crippen molar-refractivity contribution in [2.75, 3.05) is 18.8 Å². The number of carbonyl (C=O) groups is 2. The highest BCUT2D eigenvalue weighted by Gasteiger charge is 2.18. The van der Waals surface area contributed by atoms with Crippen molar-refractivity contribution in [2.45, 2.75) is 44.9 Å². The van der Waals surface area contributed by atoms with Gasteiger partial charge in [-0.25, -0.2) is 0 Å². The minimum absolute atomic E-state index is 0.0243. The van der Waals surface area contributed by atoms with Crippen LogP contribution in [0.2, 0.25) is 0 Å². The standard InChI is InChI=1S/C23H28N4O3S2/c1-5-27(14-19(28)24-13-18-7-6-12-31-18)20(29)15-32-22-26-25-21(30-22)16-8-10-17(11-9-16)23(2,3)4/h6-12H,5,13-15H2,1-4H3,(H,24,28). The lowest BCUT2D eigenvalue weighted by Crippen LogP contribution is -2.41. The molecule has 1 N–H and O–H groups in total. The van der Waals surface area contributed by atoms with Gasteiger partial charge in [0.05, 0.1) is 18.8 Å². The van der Waals surface area contributed by atoms with Gasteiger partial charge in [0.25, 0.3) is 5.22 Å². The summed E-state index contributed by atoms with van der Waals surface area (Å²) in [6.45, 7) is 9.27. The first-order chi connectivity index (χ1) is 15.3. The van der Waals surface area contributed by atoms with Crippen LogP contribution in [-0.4, -0.2) is 45.8 Å². The van der Waals surface area contributed by atoms with Gasteiger partial charge in [-0.3, -0.25) is 9.59 Å². The molecule has 0 radical (unpaired) electrons. The monoisotopic (exact) mass is 472 g/mol. The molecule has 2 amide bonds. The van der Waals surface area contributed by atoms with E-state index in [4.69, 9.17) is 4.42 Å². The van der Waals surface area contributed by atoms with Gasteiger partial charge in [-0.15, -0.1) is 21.5 Å². The second kappa shape index (κ2) is 10.8. The number of hydrogen-bond donors (Lipinski definition) is 1. The average molecular weight is 473 g/mol. The lowest BCUT2D eigenvalue weighted by molar-refractivity contribution is -0.133. The van der Waals surface area contributed by atoms with Gasteiger partial charge in [0.1, 0.15) is 0 Å². The maximum absolute atomic E-state index is 12.6. The molecule has 0 aliphatic carbocycles. The molecule has 0 atom stereocenters. The molecule has 0 fully saturated rings. The molecule has 170 valence electrons. The van der Waals surface area contributed by atoms with E-state index in [2.05, 4.69) is 48.4 Å². The van der Waals surface area contributed by atoms with Crippen molar-refractivity contribution in [3.8, 4) is 11.5 Å². The summed E-state index contributed by atoms with van der Waals surface area (Å²) in [4.78, 5) is 27.3. The molecule has 3 rings (SSSR count). The molecule has 3 aromatic rings. The summed E-state index contributed by atoms with van der Waals surface area (Å²) in [7, 11) is 0. The Morgan fingerprint density at radius 3 is 2.53 bits per heavy atom. The van der Waals surface area contributed by atoms with Crippen LogP contribution in [0.1, 0.15) is 38.1 Å². The Balaban J connectivity index is 1.50. The van der Waals surface area contributed by atoms with Crippen LogP contribution < -0.4 is 5.32 Å². The number of thioether (sulfide) groups is 1. The summed E-state index contributed by atoms with van der Waals surface area (Å²) in [6.07, 6.45) is 0. The first kappa shape index (κ1) is 24.0. The normalized spacial score (nSPS) is 11.4. The van der Waals surface area contributed by atoms with Crippen LogP contribution in [0.15, 0.2) is 51.4 Å². The van der Waals surface area contributed by atoms with E-state index in [1.54, 1.807) is 11.3 Å². The van der Waals surface area contributed by atoms with Gasteiger partial charge in [-0.05, 0) is 41.5 Å². The number of amides is 2. The van der Waals surface area contributed by atoms with Crippen LogP contribution in [0.4, 0.5) is 0 Å². The lowest BCUT2D eigenvalue weighted by atomic mass is 9.87. The number of benzene rings is 1. The zero-order chi connectivity index (χ0) is 23.1. The van der Waals surface area contributed by atoms with Crippen LogP contribution in [0.5, 0.6) is 0 Å². The summed E-state index contributed by atoms with van der Waals surface area (Å²) >= 11 is 2.75. The predicted molar refractivity (Wildman–Crippen MR) is 128 cm³/mol. The molecule has 0 unspecified atom stereocenters. The number of aromatic nitrogens is 2. The molecule has 1 aromatic carbocycles. The Hall–Kier alpha value is -2.65. The summed E-state index contributed by atoms with van der Waals surface area (Å²) < 4.78 is 5.71. The Morgan fingerprint density at radius 2 is 1.91 bits per heavy atom. The van der Waals surface area contributed by atoms with Crippen LogP contribution in [0, 0.1) is 0 Å². The lowest BCUT2D eigenvalue weighted by Gasteiger charge is -2.19. The number of carbonyl (C=O) groups excluding carboxylic acids is 2. The molecule has 0 aliphatic rings. The Morgan fingerprint density at radius 1 is 1.16 bits per heavy atom. The molecule has 0 saturated carbocycles. The summed E-state index contributed by atoms with van der Waals surface area (Å²) in [5.41, 5.74) is 2.13. The maximum atomic E-state index is 12.6. The van der Waals surface area contributed by atoms with Gasteiger partial charge in [0.2, 0.25) is 17.7 Å². The van der Waals surface area contributed by atoms with E-state index >= 15 is 0 Å². The number of thiophene rings is 1. The molecular weight excluding hydrogens is 444 g/mol. The average Bonchev–Trinajstić information content (AvgIpc) is 3.46. The highest BCUT2D eigenvalue weighted by atomic mass is 32.2. The SMILES string of the molecule is CCN(CC(=O)NCc1cccs1)C(=O)CSc1nnc(-c2ccc(C(C)(C)C)cc2)o1. The van der Waals surface area contributed by atoms with E-state index < -0.39 is 0 Å². The maximum Gasteiger partial charge on any atom is 0.277 e. The van der Waals surface area contributed by atoms with Gasteiger partial charge >= 0.3 is 0 Å². The first-order valence-electron chi connectivity index (χ1n) is 10.4. The quantitative estimate of drug-likeness (QED) is 0.466. The van der Waals surface area contributed by atoms with E-state index in [0.717, 1.165) is 10.4 Å². The van der Waals surface area contributed by atoms with Crippen molar-refractivity contribution in [2.24, 2.45) is 0 Å². The molecule has 7 nitrogen and oxygen atoms in total. The first-order valence-corrected chi connectivity index (χ1v) is 12.3. The highest BCUT2D eigenvalue weighted by molar-refractivity contribution is 7.99. The minimum atomic E-state index is -0.183.